The minimum Gasteiger partial charge on any atom is -0.491 e. The Bertz CT molecular complexity index is 412. The van der Waals surface area contributed by atoms with E-state index < -0.39 is 0 Å². The van der Waals surface area contributed by atoms with Crippen molar-refractivity contribution in [1.29, 1.82) is 0 Å². The molecule has 0 aliphatic carbocycles. The van der Waals surface area contributed by atoms with Crippen LogP contribution in [0.5, 0.6) is 5.75 Å². The fourth-order valence-electron chi connectivity index (χ4n) is 1.78. The maximum atomic E-state index is 5.88. The molecule has 5 heteroatoms. The molecule has 0 heterocycles. The van der Waals surface area contributed by atoms with Crippen molar-refractivity contribution < 1.29 is 4.74 Å². The van der Waals surface area contributed by atoms with Crippen molar-refractivity contribution in [3.63, 3.8) is 0 Å². The van der Waals surface area contributed by atoms with Crippen LogP contribution in [0.15, 0.2) is 22.7 Å². The molecule has 0 saturated heterocycles. The van der Waals surface area contributed by atoms with Gasteiger partial charge in [0.2, 0.25) is 0 Å². The van der Waals surface area contributed by atoms with Gasteiger partial charge >= 0.3 is 0 Å². The zero-order chi connectivity index (χ0) is 14.5. The van der Waals surface area contributed by atoms with E-state index in [1.54, 1.807) is 0 Å². The highest BCUT2D eigenvalue weighted by Gasteiger charge is 2.17. The summed E-state index contributed by atoms with van der Waals surface area (Å²) >= 11 is 9.32. The number of nitrogens with two attached hydrogens (primary N) is 1. The maximum Gasteiger partial charge on any atom is 0.133 e. The number of likely N-dealkylation sites (N-methyl/N-ethyl adjacent to an activating group) is 1. The fraction of sp³-hybridized carbons (Fsp3) is 0.571. The van der Waals surface area contributed by atoms with Gasteiger partial charge < -0.3 is 15.4 Å². The maximum absolute atomic E-state index is 5.88. The van der Waals surface area contributed by atoms with Crippen molar-refractivity contribution in [2.24, 2.45) is 11.1 Å². The van der Waals surface area contributed by atoms with Crippen LogP contribution in [-0.2, 0) is 0 Å². The van der Waals surface area contributed by atoms with Crippen LogP contribution in [-0.4, -0.2) is 38.2 Å². The zero-order valence-electron chi connectivity index (χ0n) is 11.7. The Hall–Kier alpha value is -0.290. The molecule has 0 saturated carbocycles. The van der Waals surface area contributed by atoms with Crippen LogP contribution in [0, 0.1) is 5.41 Å². The van der Waals surface area contributed by atoms with Gasteiger partial charge in [-0.1, -0.05) is 25.4 Å². The summed E-state index contributed by atoms with van der Waals surface area (Å²) in [6.07, 6.45) is 0. The van der Waals surface area contributed by atoms with Crippen molar-refractivity contribution in [3.8, 4) is 5.75 Å². The van der Waals surface area contributed by atoms with E-state index in [-0.39, 0.29) is 5.41 Å². The number of rotatable bonds is 7. The third kappa shape index (κ3) is 6.13. The lowest BCUT2D eigenvalue weighted by Crippen LogP contribution is -2.38. The van der Waals surface area contributed by atoms with E-state index in [9.17, 15) is 0 Å². The fourth-order valence-corrected chi connectivity index (χ4v) is 2.58. The van der Waals surface area contributed by atoms with E-state index >= 15 is 0 Å². The molecule has 0 aliphatic heterocycles. The summed E-state index contributed by atoms with van der Waals surface area (Å²) in [6.45, 7) is 7.46. The van der Waals surface area contributed by atoms with Crippen molar-refractivity contribution in [2.75, 3.05) is 33.3 Å². The standard InChI is InChI=1S/C14H22BrClN2O/c1-14(2,9-17)10-18(3)6-7-19-13-5-4-11(16)8-12(13)15/h4-5,8H,6-7,9-10,17H2,1-3H3. The van der Waals surface area contributed by atoms with Crippen LogP contribution in [0.25, 0.3) is 0 Å². The highest BCUT2D eigenvalue weighted by molar-refractivity contribution is 9.10. The molecule has 2 N–H and O–H groups in total. The van der Waals surface area contributed by atoms with Gasteiger partial charge in [-0.2, -0.15) is 0 Å². The molecular formula is C14H22BrClN2O. The molecule has 0 radical (unpaired) electrons. The molecular weight excluding hydrogens is 328 g/mol. The first-order valence-corrected chi connectivity index (χ1v) is 7.47. The molecule has 1 aromatic rings. The number of hydrogen-bond acceptors (Lipinski definition) is 3. The largest absolute Gasteiger partial charge is 0.491 e. The Morgan fingerprint density at radius 1 is 1.42 bits per heavy atom. The third-order valence-electron chi connectivity index (χ3n) is 2.88. The van der Waals surface area contributed by atoms with Gasteiger partial charge in [0.15, 0.2) is 0 Å². The molecule has 3 nitrogen and oxygen atoms in total. The molecule has 0 atom stereocenters. The van der Waals surface area contributed by atoms with E-state index in [4.69, 9.17) is 22.1 Å². The van der Waals surface area contributed by atoms with Gasteiger partial charge in [0.05, 0.1) is 4.47 Å². The molecule has 0 bridgehead atoms. The number of hydrogen-bond donors (Lipinski definition) is 1. The van der Waals surface area contributed by atoms with Gasteiger partial charge in [0.25, 0.3) is 0 Å². The second-order valence-electron chi connectivity index (χ2n) is 5.53. The van der Waals surface area contributed by atoms with Gasteiger partial charge in [0.1, 0.15) is 12.4 Å². The normalized spacial score (nSPS) is 11.9. The SMILES string of the molecule is CN(CCOc1ccc(Cl)cc1Br)CC(C)(C)CN. The summed E-state index contributed by atoms with van der Waals surface area (Å²) in [4.78, 5) is 2.23. The number of nitrogens with zero attached hydrogens (tertiary/aromatic N) is 1. The van der Waals surface area contributed by atoms with Gasteiger partial charge in [0, 0.05) is 18.1 Å². The molecule has 0 amide bonds. The second-order valence-corrected chi connectivity index (χ2v) is 6.82. The van der Waals surface area contributed by atoms with E-state index in [0.717, 1.165) is 23.3 Å². The summed E-state index contributed by atoms with van der Waals surface area (Å²) in [5, 5.41) is 0.695. The summed E-state index contributed by atoms with van der Waals surface area (Å²) in [6, 6.07) is 5.53. The highest BCUT2D eigenvalue weighted by Crippen LogP contribution is 2.27. The topological polar surface area (TPSA) is 38.5 Å². The van der Waals surface area contributed by atoms with Crippen LogP contribution in [0.3, 0.4) is 0 Å². The van der Waals surface area contributed by atoms with Crippen LogP contribution in [0.4, 0.5) is 0 Å². The van der Waals surface area contributed by atoms with E-state index in [2.05, 4.69) is 41.7 Å². The molecule has 1 rings (SSSR count). The molecule has 0 spiro atoms. The van der Waals surface area contributed by atoms with Crippen molar-refractivity contribution in [2.45, 2.75) is 13.8 Å². The molecule has 0 aromatic heterocycles. The summed E-state index contributed by atoms with van der Waals surface area (Å²) < 4.78 is 6.61. The van der Waals surface area contributed by atoms with E-state index in [0.29, 0.717) is 18.2 Å². The van der Waals surface area contributed by atoms with E-state index in [1.165, 1.54) is 0 Å². The average molecular weight is 350 g/mol. The van der Waals surface area contributed by atoms with Crippen LogP contribution in [0.2, 0.25) is 5.02 Å². The Morgan fingerprint density at radius 3 is 2.68 bits per heavy atom. The van der Waals surface area contributed by atoms with Crippen molar-refractivity contribution >= 4 is 27.5 Å². The predicted octanol–water partition coefficient (Wildman–Crippen LogP) is 3.40. The summed E-state index contributed by atoms with van der Waals surface area (Å²) in [7, 11) is 2.08. The predicted molar refractivity (Wildman–Crippen MR) is 85.0 cm³/mol. The van der Waals surface area contributed by atoms with Crippen molar-refractivity contribution in [1.82, 2.24) is 4.90 Å². The number of benzene rings is 1. The van der Waals surface area contributed by atoms with Gasteiger partial charge in [-0.05, 0) is 53.1 Å². The summed E-state index contributed by atoms with van der Waals surface area (Å²) in [5.74, 6) is 0.816. The minimum absolute atomic E-state index is 0.135. The molecule has 0 unspecified atom stereocenters. The first kappa shape index (κ1) is 16.8. The van der Waals surface area contributed by atoms with Gasteiger partial charge in [-0.15, -0.1) is 0 Å². The van der Waals surface area contributed by atoms with Crippen molar-refractivity contribution in [3.05, 3.63) is 27.7 Å². The Kier molecular flexibility index (Phi) is 6.60. The van der Waals surface area contributed by atoms with Gasteiger partial charge in [-0.3, -0.25) is 0 Å². The Balaban J connectivity index is 2.38. The molecule has 1 aromatic carbocycles. The van der Waals surface area contributed by atoms with Gasteiger partial charge in [-0.25, -0.2) is 0 Å². The average Bonchev–Trinajstić information content (AvgIpc) is 2.31. The third-order valence-corrected chi connectivity index (χ3v) is 3.73. The molecule has 19 heavy (non-hydrogen) atoms. The van der Waals surface area contributed by atoms with E-state index in [1.807, 2.05) is 18.2 Å². The molecule has 0 fully saturated rings. The number of ether oxygens (including phenoxy) is 1. The Morgan fingerprint density at radius 2 is 2.11 bits per heavy atom. The smallest absolute Gasteiger partial charge is 0.133 e. The first-order valence-electron chi connectivity index (χ1n) is 6.30. The molecule has 0 aliphatic rings. The minimum atomic E-state index is 0.135. The lowest BCUT2D eigenvalue weighted by molar-refractivity contribution is 0.181. The lowest BCUT2D eigenvalue weighted by atomic mass is 9.93. The monoisotopic (exact) mass is 348 g/mol. The summed E-state index contributed by atoms with van der Waals surface area (Å²) in [5.41, 5.74) is 5.87. The second kappa shape index (κ2) is 7.48. The molecule has 108 valence electrons. The van der Waals surface area contributed by atoms with Crippen LogP contribution < -0.4 is 10.5 Å². The lowest BCUT2D eigenvalue weighted by Gasteiger charge is -2.28. The first-order chi connectivity index (χ1) is 8.84. The Labute approximate surface area is 129 Å². The zero-order valence-corrected chi connectivity index (χ0v) is 14.1. The van der Waals surface area contributed by atoms with Crippen LogP contribution in [0.1, 0.15) is 13.8 Å². The highest BCUT2D eigenvalue weighted by atomic mass is 79.9. The quantitative estimate of drug-likeness (QED) is 0.820. The number of halogens is 2. The van der Waals surface area contributed by atoms with Crippen LogP contribution >= 0.6 is 27.5 Å².